The van der Waals surface area contributed by atoms with E-state index in [0.717, 1.165) is 39.2 Å². The summed E-state index contributed by atoms with van der Waals surface area (Å²) >= 11 is 0. The number of ether oxygens (including phenoxy) is 1. The zero-order valence-electron chi connectivity index (χ0n) is 20.2. The Morgan fingerprint density at radius 2 is 1.85 bits per heavy atom. The first kappa shape index (κ1) is 22.5. The van der Waals surface area contributed by atoms with Crippen molar-refractivity contribution >= 4 is 22.8 Å². The summed E-state index contributed by atoms with van der Waals surface area (Å²) in [5.41, 5.74) is 5.36. The fourth-order valence-electron chi connectivity index (χ4n) is 3.76. The largest absolute Gasteiger partial charge is 0.466 e. The predicted octanol–water partition coefficient (Wildman–Crippen LogP) is 4.39. The van der Waals surface area contributed by atoms with Crippen LogP contribution in [-0.4, -0.2) is 37.1 Å². The third-order valence-corrected chi connectivity index (χ3v) is 5.42. The quantitative estimate of drug-likeness (QED) is 0.491. The molecule has 1 N–H and O–H groups in total. The van der Waals surface area contributed by atoms with E-state index < -0.39 is 0 Å². The number of aromatic nitrogens is 5. The van der Waals surface area contributed by atoms with Crippen molar-refractivity contribution in [2.45, 2.75) is 47.0 Å². The van der Waals surface area contributed by atoms with Crippen molar-refractivity contribution in [1.29, 1.82) is 0 Å². The molecule has 1 amide bonds. The number of hydrogen-bond acceptors (Lipinski definition) is 5. The van der Waals surface area contributed by atoms with Gasteiger partial charge in [-0.3, -0.25) is 4.79 Å². The Morgan fingerprint density at radius 1 is 1.09 bits per heavy atom. The second kappa shape index (κ2) is 8.35. The average molecular weight is 447 g/mol. The van der Waals surface area contributed by atoms with Gasteiger partial charge in [0, 0.05) is 24.2 Å². The first-order chi connectivity index (χ1) is 15.5. The minimum absolute atomic E-state index is 0.166. The highest BCUT2D eigenvalue weighted by Crippen LogP contribution is 2.28. The molecule has 3 aromatic heterocycles. The number of anilines is 1. The normalized spacial score (nSPS) is 11.7. The lowest BCUT2D eigenvalue weighted by Crippen LogP contribution is -2.22. The third-order valence-electron chi connectivity index (χ3n) is 5.42. The van der Waals surface area contributed by atoms with E-state index in [0.29, 0.717) is 11.7 Å². The number of amides is 1. The summed E-state index contributed by atoms with van der Waals surface area (Å²) < 4.78 is 9.25. The number of nitrogens with one attached hydrogen (secondary N) is 1. The van der Waals surface area contributed by atoms with E-state index in [1.165, 1.54) is 0 Å². The highest BCUT2D eigenvalue weighted by atomic mass is 16.5. The van der Waals surface area contributed by atoms with E-state index in [4.69, 9.17) is 9.84 Å². The molecule has 0 atom stereocenters. The predicted molar refractivity (Wildman–Crippen MR) is 129 cm³/mol. The van der Waals surface area contributed by atoms with Gasteiger partial charge >= 0.3 is 0 Å². The molecule has 1 aromatic carbocycles. The molecule has 4 rings (SSSR count). The molecule has 4 aromatic rings. The molecule has 0 saturated carbocycles. The fourth-order valence-corrected chi connectivity index (χ4v) is 3.76. The average Bonchev–Trinajstić information content (AvgIpc) is 3.28. The zero-order valence-corrected chi connectivity index (χ0v) is 20.2. The monoisotopic (exact) mass is 446 g/mol. The minimum Gasteiger partial charge on any atom is -0.466 e. The number of nitrogens with zero attached hydrogens (tertiary/aromatic N) is 5. The molecule has 0 spiro atoms. The van der Waals surface area contributed by atoms with Gasteiger partial charge in [-0.2, -0.15) is 5.10 Å². The second-order valence-electron chi connectivity index (χ2n) is 9.46. The van der Waals surface area contributed by atoms with Crippen LogP contribution in [0, 0.1) is 20.8 Å². The smallest absolute Gasteiger partial charge is 0.263 e. The summed E-state index contributed by atoms with van der Waals surface area (Å²) in [7, 11) is 1.82. The van der Waals surface area contributed by atoms with E-state index in [9.17, 15) is 4.79 Å². The molecular weight excluding hydrogens is 416 g/mol. The highest BCUT2D eigenvalue weighted by Gasteiger charge is 2.22. The fraction of sp³-hybridized carbons (Fsp3) is 0.360. The Hall–Kier alpha value is -3.68. The molecule has 33 heavy (non-hydrogen) atoms. The number of rotatable bonds is 5. The molecule has 0 aliphatic carbocycles. The van der Waals surface area contributed by atoms with Crippen LogP contribution in [0.5, 0.6) is 5.88 Å². The number of carbonyl (C=O) groups is 1. The van der Waals surface area contributed by atoms with Gasteiger partial charge in [0.2, 0.25) is 5.88 Å². The Bertz CT molecular complexity index is 1340. The summed E-state index contributed by atoms with van der Waals surface area (Å²) in [4.78, 5) is 17.4. The van der Waals surface area contributed by atoms with Crippen molar-refractivity contribution in [2.24, 2.45) is 7.05 Å². The van der Waals surface area contributed by atoms with Gasteiger partial charge in [0.15, 0.2) is 12.3 Å². The van der Waals surface area contributed by atoms with Gasteiger partial charge < -0.3 is 10.1 Å². The molecule has 8 heteroatoms. The first-order valence-electron chi connectivity index (χ1n) is 10.9. The van der Waals surface area contributed by atoms with Crippen LogP contribution >= 0.6 is 0 Å². The van der Waals surface area contributed by atoms with Gasteiger partial charge in [0.05, 0.1) is 16.8 Å². The maximum atomic E-state index is 12.8. The van der Waals surface area contributed by atoms with Gasteiger partial charge in [-0.15, -0.1) is 5.10 Å². The van der Waals surface area contributed by atoms with E-state index in [-0.39, 0.29) is 17.9 Å². The molecule has 8 nitrogen and oxygen atoms in total. The summed E-state index contributed by atoms with van der Waals surface area (Å²) in [5.74, 6) is 0.703. The topological polar surface area (TPSA) is 86.9 Å². The lowest BCUT2D eigenvalue weighted by atomic mass is 9.92. The second-order valence-corrected chi connectivity index (χ2v) is 9.46. The summed E-state index contributed by atoms with van der Waals surface area (Å²) in [6.45, 7) is 12.1. The Morgan fingerprint density at radius 3 is 2.55 bits per heavy atom. The van der Waals surface area contributed by atoms with E-state index in [1.807, 2.05) is 64.2 Å². The van der Waals surface area contributed by atoms with Crippen molar-refractivity contribution in [3.05, 3.63) is 58.9 Å². The zero-order chi connectivity index (χ0) is 23.9. The van der Waals surface area contributed by atoms with Crippen LogP contribution in [0.3, 0.4) is 0 Å². The lowest BCUT2D eigenvalue weighted by Gasteiger charge is -2.14. The summed E-state index contributed by atoms with van der Waals surface area (Å²) in [6.07, 6.45) is 0. The Labute approximate surface area is 193 Å². The standard InChI is InChI=1S/C25H30N6O2/c1-15-9-8-10-18(11-15)31-20(13-19(28-31)25(4,5)6)27-21(32)14-33-24-22-16(2)12-17(3)26-23(22)30(7)29-24/h8-13H,14H2,1-7H3,(H,27,32). The van der Waals surface area contributed by atoms with Crippen molar-refractivity contribution in [3.63, 3.8) is 0 Å². The number of aryl methyl sites for hydroxylation is 4. The van der Waals surface area contributed by atoms with Crippen molar-refractivity contribution in [3.8, 4) is 11.6 Å². The Balaban J connectivity index is 1.58. The number of hydrogen-bond donors (Lipinski definition) is 1. The molecule has 0 saturated heterocycles. The number of fused-ring (bicyclic) bond motifs is 1. The maximum absolute atomic E-state index is 12.8. The summed E-state index contributed by atoms with van der Waals surface area (Å²) in [5, 5.41) is 13.0. The molecule has 0 bridgehead atoms. The van der Waals surface area contributed by atoms with Crippen LogP contribution in [0.2, 0.25) is 0 Å². The van der Waals surface area contributed by atoms with Crippen LogP contribution in [-0.2, 0) is 17.3 Å². The highest BCUT2D eigenvalue weighted by molar-refractivity contribution is 5.92. The van der Waals surface area contributed by atoms with Crippen molar-refractivity contribution in [1.82, 2.24) is 24.5 Å². The number of pyridine rings is 1. The maximum Gasteiger partial charge on any atom is 0.263 e. The lowest BCUT2D eigenvalue weighted by molar-refractivity contribution is -0.118. The van der Waals surface area contributed by atoms with E-state index >= 15 is 0 Å². The van der Waals surface area contributed by atoms with Crippen LogP contribution in [0.25, 0.3) is 16.7 Å². The molecule has 0 unspecified atom stereocenters. The minimum atomic E-state index is -0.291. The van der Waals surface area contributed by atoms with Crippen molar-refractivity contribution in [2.75, 3.05) is 11.9 Å². The van der Waals surface area contributed by atoms with Gasteiger partial charge in [0.25, 0.3) is 5.91 Å². The van der Waals surface area contributed by atoms with E-state index in [2.05, 4.69) is 36.2 Å². The number of carbonyl (C=O) groups excluding carboxylic acids is 1. The molecule has 0 aliphatic heterocycles. The van der Waals surface area contributed by atoms with E-state index in [1.54, 1.807) is 9.36 Å². The Kier molecular flexibility index (Phi) is 5.69. The molecule has 3 heterocycles. The molecule has 172 valence electrons. The van der Waals surface area contributed by atoms with Crippen LogP contribution in [0.4, 0.5) is 5.82 Å². The number of benzene rings is 1. The van der Waals surface area contributed by atoms with Crippen molar-refractivity contribution < 1.29 is 9.53 Å². The summed E-state index contributed by atoms with van der Waals surface area (Å²) in [6, 6.07) is 11.9. The van der Waals surface area contributed by atoms with Crippen LogP contribution in [0.1, 0.15) is 43.3 Å². The SMILES string of the molecule is Cc1cccc(-n2nc(C(C)(C)C)cc2NC(=O)COc2nn(C)c3nc(C)cc(C)c23)c1. The van der Waals surface area contributed by atoms with Gasteiger partial charge in [-0.25, -0.2) is 14.3 Å². The first-order valence-corrected chi connectivity index (χ1v) is 10.9. The third kappa shape index (κ3) is 4.60. The molecular formula is C25H30N6O2. The van der Waals surface area contributed by atoms with Gasteiger partial charge in [0.1, 0.15) is 5.82 Å². The van der Waals surface area contributed by atoms with Gasteiger partial charge in [-0.1, -0.05) is 32.9 Å². The van der Waals surface area contributed by atoms with Gasteiger partial charge in [-0.05, 0) is 50.1 Å². The molecule has 0 aliphatic rings. The van der Waals surface area contributed by atoms with Crippen LogP contribution in [0.15, 0.2) is 36.4 Å². The molecule has 0 fully saturated rings. The van der Waals surface area contributed by atoms with Crippen LogP contribution < -0.4 is 10.1 Å². The molecule has 0 radical (unpaired) electrons.